The maximum Gasteiger partial charge on any atom is 0.331 e. The topological polar surface area (TPSA) is 142 Å². The number of urea groups is 1. The van der Waals surface area contributed by atoms with Crippen LogP contribution >= 0.6 is 11.6 Å². The van der Waals surface area contributed by atoms with Gasteiger partial charge in [-0.05, 0) is 31.0 Å². The van der Waals surface area contributed by atoms with Gasteiger partial charge in [0.25, 0.3) is 16.8 Å². The predicted molar refractivity (Wildman–Crippen MR) is 214 cm³/mol. The first-order valence-electron chi connectivity index (χ1n) is 19.7. The minimum absolute atomic E-state index is 0.0504. The fourth-order valence-corrected chi connectivity index (χ4v) is 8.29. The van der Waals surface area contributed by atoms with Crippen LogP contribution in [0.25, 0.3) is 0 Å². The van der Waals surface area contributed by atoms with Crippen molar-refractivity contribution in [2.24, 2.45) is 5.41 Å². The quantitative estimate of drug-likeness (QED) is 0.0305. The molecule has 0 spiro atoms. The average Bonchev–Trinajstić information content (AvgIpc) is 3.38. The lowest BCUT2D eigenvalue weighted by Crippen LogP contribution is -2.64. The van der Waals surface area contributed by atoms with Crippen molar-refractivity contribution in [1.82, 2.24) is 14.5 Å². The van der Waals surface area contributed by atoms with Gasteiger partial charge >= 0.3 is 6.03 Å². The highest BCUT2D eigenvalue weighted by atomic mass is 35.5. The van der Waals surface area contributed by atoms with Gasteiger partial charge in [0.15, 0.2) is 5.78 Å². The minimum Gasteiger partial charge on any atom is -0.350 e. The van der Waals surface area contributed by atoms with E-state index in [-0.39, 0.29) is 24.6 Å². The number of carbonyl (C=O) groups is 4. The van der Waals surface area contributed by atoms with Crippen LogP contribution in [0.4, 0.5) is 10.5 Å². The van der Waals surface area contributed by atoms with Crippen LogP contribution in [-0.2, 0) is 35.7 Å². The Morgan fingerprint density at radius 2 is 1.28 bits per heavy atom. The molecule has 2 unspecified atom stereocenters. The molecule has 0 aromatic heterocycles. The predicted octanol–water partition coefficient (Wildman–Crippen LogP) is 8.38. The van der Waals surface area contributed by atoms with Crippen molar-refractivity contribution >= 4 is 50.9 Å². The number of benzene rings is 2. The number of sulfonamides is 1. The lowest BCUT2D eigenvalue weighted by Gasteiger charge is -2.37. The van der Waals surface area contributed by atoms with Crippen LogP contribution in [-0.4, -0.2) is 72.0 Å². The molecule has 2 aromatic carbocycles. The summed E-state index contributed by atoms with van der Waals surface area (Å²) in [6.07, 6.45) is 14.6. The summed E-state index contributed by atoms with van der Waals surface area (Å²) in [6.45, 7) is 6.30. The molecular weight excluding hydrogens is 728 g/mol. The Kier molecular flexibility index (Phi) is 18.6. The zero-order chi connectivity index (χ0) is 39.6. The van der Waals surface area contributed by atoms with Crippen molar-refractivity contribution in [3.05, 3.63) is 66.2 Å². The number of ether oxygens (including phenoxy) is 1. The number of nitrogens with zero attached hydrogens (tertiary/aromatic N) is 2. The standard InChI is InChI=1S/C41H61ClN4O7S/c1-5-7-8-9-10-11-12-13-14-15-16-17-18-25-30-54(51,52)43-32-40(3,4)37(48)41(42,38(49)44-34-28-23-20-24-29-34)46-35(47)36(53-6-2)45(39(46)50)31-33-26-21-19-22-27-33/h19-24,26-29,36,43H,5-18,25,30-32H2,1-4H3,(H,44,49). The largest absolute Gasteiger partial charge is 0.350 e. The van der Waals surface area contributed by atoms with Crippen LogP contribution < -0.4 is 10.0 Å². The molecule has 3 rings (SSSR count). The molecule has 2 N–H and O–H groups in total. The summed E-state index contributed by atoms with van der Waals surface area (Å²) in [5.74, 6) is -3.29. The monoisotopic (exact) mass is 788 g/mol. The van der Waals surface area contributed by atoms with E-state index in [2.05, 4.69) is 17.0 Å². The molecule has 4 amide bonds. The summed E-state index contributed by atoms with van der Waals surface area (Å²) in [5.41, 5.74) is -0.695. The fraction of sp³-hybridized carbons (Fsp3) is 0.610. The molecule has 300 valence electrons. The Balaban J connectivity index is 1.65. The van der Waals surface area contributed by atoms with Gasteiger partial charge in [0.2, 0.25) is 16.3 Å². The highest BCUT2D eigenvalue weighted by molar-refractivity contribution is 7.89. The lowest BCUT2D eigenvalue weighted by molar-refractivity contribution is -0.152. The first-order valence-corrected chi connectivity index (χ1v) is 21.7. The number of unbranched alkanes of at least 4 members (excludes halogenated alkanes) is 13. The second-order valence-corrected chi connectivity index (χ2v) is 17.2. The maximum absolute atomic E-state index is 14.5. The van der Waals surface area contributed by atoms with Gasteiger partial charge < -0.3 is 10.1 Å². The van der Waals surface area contributed by atoms with Gasteiger partial charge in [0.05, 0.1) is 12.3 Å². The average molecular weight is 789 g/mol. The van der Waals surface area contributed by atoms with Crippen LogP contribution in [0.1, 0.15) is 123 Å². The van der Waals surface area contributed by atoms with Gasteiger partial charge in [-0.2, -0.15) is 0 Å². The molecule has 11 nitrogen and oxygen atoms in total. The molecule has 1 saturated heterocycles. The highest BCUT2D eigenvalue weighted by Gasteiger charge is 2.63. The number of para-hydroxylation sites is 1. The van der Waals surface area contributed by atoms with E-state index in [4.69, 9.17) is 16.3 Å². The molecule has 2 aromatic rings. The van der Waals surface area contributed by atoms with Gasteiger partial charge in [-0.25, -0.2) is 22.8 Å². The molecule has 0 aliphatic carbocycles. The molecule has 1 aliphatic rings. The van der Waals surface area contributed by atoms with Crippen molar-refractivity contribution in [2.75, 3.05) is 24.2 Å². The minimum atomic E-state index is -3.80. The summed E-state index contributed by atoms with van der Waals surface area (Å²) < 4.78 is 34.3. The van der Waals surface area contributed by atoms with Gasteiger partial charge in [0, 0.05) is 24.3 Å². The molecule has 0 bridgehead atoms. The van der Waals surface area contributed by atoms with E-state index in [1.54, 1.807) is 67.6 Å². The van der Waals surface area contributed by atoms with E-state index in [0.717, 1.165) is 30.6 Å². The SMILES string of the molecule is CCCCCCCCCCCCCCCCS(=O)(=O)NCC(C)(C)C(=O)C(Cl)(C(=O)Nc1ccccc1)N1C(=O)C(OCC)N(Cc2ccccc2)C1=O. The van der Waals surface area contributed by atoms with Gasteiger partial charge in [0.1, 0.15) is 0 Å². The van der Waals surface area contributed by atoms with E-state index in [9.17, 15) is 27.6 Å². The number of hydrogen-bond acceptors (Lipinski definition) is 7. The first kappa shape index (κ1) is 45.1. The number of halogens is 1. The second-order valence-electron chi connectivity index (χ2n) is 14.8. The third-order valence-corrected chi connectivity index (χ3v) is 11.7. The zero-order valence-electron chi connectivity index (χ0n) is 32.6. The molecule has 2 atom stereocenters. The van der Waals surface area contributed by atoms with Crippen LogP contribution in [0, 0.1) is 5.41 Å². The van der Waals surface area contributed by atoms with Crippen LogP contribution in [0.3, 0.4) is 0 Å². The Hall–Kier alpha value is -3.32. The van der Waals surface area contributed by atoms with Crippen molar-refractivity contribution in [2.45, 2.75) is 135 Å². The lowest BCUT2D eigenvalue weighted by atomic mass is 9.83. The van der Waals surface area contributed by atoms with Crippen molar-refractivity contribution < 1.29 is 32.3 Å². The van der Waals surface area contributed by atoms with Crippen LogP contribution in [0.5, 0.6) is 0 Å². The number of nitrogens with one attached hydrogen (secondary N) is 2. The third-order valence-electron chi connectivity index (χ3n) is 9.73. The van der Waals surface area contributed by atoms with E-state index < -0.39 is 56.8 Å². The summed E-state index contributed by atoms with van der Waals surface area (Å²) >= 11 is 7.02. The summed E-state index contributed by atoms with van der Waals surface area (Å²) in [6, 6.07) is 16.0. The normalized spacial score (nSPS) is 16.1. The summed E-state index contributed by atoms with van der Waals surface area (Å²) in [7, 11) is -3.80. The smallest absolute Gasteiger partial charge is 0.331 e. The molecule has 13 heteroatoms. The molecule has 54 heavy (non-hydrogen) atoms. The van der Waals surface area contributed by atoms with Crippen molar-refractivity contribution in [3.8, 4) is 0 Å². The molecule has 0 saturated carbocycles. The van der Waals surface area contributed by atoms with Gasteiger partial charge in [-0.15, -0.1) is 0 Å². The number of ketones is 1. The summed E-state index contributed by atoms with van der Waals surface area (Å²) in [5, 5.41) is 2.57. The Labute approximate surface area is 328 Å². The first-order chi connectivity index (χ1) is 25.8. The van der Waals surface area contributed by atoms with E-state index in [1.165, 1.54) is 71.6 Å². The Morgan fingerprint density at radius 3 is 1.80 bits per heavy atom. The number of amides is 4. The number of alkyl halides is 1. The summed E-state index contributed by atoms with van der Waals surface area (Å²) in [4.78, 5) is 55.3. The zero-order valence-corrected chi connectivity index (χ0v) is 34.2. The van der Waals surface area contributed by atoms with E-state index >= 15 is 0 Å². The Morgan fingerprint density at radius 1 is 0.778 bits per heavy atom. The second kappa shape index (κ2) is 22.3. The van der Waals surface area contributed by atoms with Crippen LogP contribution in [0.2, 0.25) is 0 Å². The fourth-order valence-electron chi connectivity index (χ4n) is 6.52. The van der Waals surface area contributed by atoms with Crippen LogP contribution in [0.15, 0.2) is 60.7 Å². The highest BCUT2D eigenvalue weighted by Crippen LogP contribution is 2.38. The molecule has 1 fully saturated rings. The Bertz CT molecular complexity index is 1590. The number of rotatable bonds is 27. The molecule has 1 aliphatic heterocycles. The van der Waals surface area contributed by atoms with E-state index in [0.29, 0.717) is 16.9 Å². The number of hydrogen-bond donors (Lipinski definition) is 2. The molecular formula is C41H61ClN4O7S. The van der Waals surface area contributed by atoms with Crippen molar-refractivity contribution in [3.63, 3.8) is 0 Å². The number of imide groups is 1. The van der Waals surface area contributed by atoms with Gasteiger partial charge in [-0.3, -0.25) is 19.3 Å². The number of anilines is 1. The number of Topliss-reactive ketones (excluding diaryl/α,β-unsaturated/α-hetero) is 1. The van der Waals surface area contributed by atoms with Gasteiger partial charge in [-0.1, -0.05) is 164 Å². The number of carbonyl (C=O) groups excluding carboxylic acids is 4. The third kappa shape index (κ3) is 13.2. The molecule has 0 radical (unpaired) electrons. The molecule has 1 heterocycles. The van der Waals surface area contributed by atoms with E-state index in [1.807, 2.05) is 0 Å². The maximum atomic E-state index is 14.5. The van der Waals surface area contributed by atoms with Crippen molar-refractivity contribution in [1.29, 1.82) is 0 Å².